The minimum absolute atomic E-state index is 0.187. The van der Waals surface area contributed by atoms with Gasteiger partial charge in [0.15, 0.2) is 0 Å². The van der Waals surface area contributed by atoms with Gasteiger partial charge in [0.2, 0.25) is 0 Å². The maximum absolute atomic E-state index is 11.7. The van der Waals surface area contributed by atoms with E-state index in [-0.39, 0.29) is 5.91 Å². The van der Waals surface area contributed by atoms with E-state index in [0.29, 0.717) is 5.56 Å². The van der Waals surface area contributed by atoms with Crippen LogP contribution in [0.15, 0.2) is 36.9 Å². The first-order chi connectivity index (χ1) is 7.25. The Labute approximate surface area is 99.6 Å². The summed E-state index contributed by atoms with van der Waals surface area (Å²) < 4.78 is 2.42. The highest BCUT2D eigenvalue weighted by Gasteiger charge is 2.05. The predicted octanol–water partition coefficient (Wildman–Crippen LogP) is 1.27. The SMILES string of the molecule is O=C(Nn1cnnc1)c1cccc(I)c1. The molecule has 6 heteroatoms. The summed E-state index contributed by atoms with van der Waals surface area (Å²) in [7, 11) is 0. The van der Waals surface area contributed by atoms with Gasteiger partial charge in [-0.05, 0) is 40.8 Å². The summed E-state index contributed by atoms with van der Waals surface area (Å²) >= 11 is 2.16. The fourth-order valence-corrected chi connectivity index (χ4v) is 1.61. The number of hydrogen-bond donors (Lipinski definition) is 1. The van der Waals surface area contributed by atoms with Gasteiger partial charge in [0.05, 0.1) is 0 Å². The lowest BCUT2D eigenvalue weighted by atomic mass is 10.2. The van der Waals surface area contributed by atoms with E-state index >= 15 is 0 Å². The van der Waals surface area contributed by atoms with E-state index in [1.807, 2.05) is 12.1 Å². The summed E-state index contributed by atoms with van der Waals surface area (Å²) in [5.74, 6) is -0.187. The normalized spacial score (nSPS) is 9.93. The van der Waals surface area contributed by atoms with E-state index in [4.69, 9.17) is 0 Å². The molecule has 0 aliphatic carbocycles. The van der Waals surface area contributed by atoms with E-state index in [1.165, 1.54) is 17.3 Å². The quantitative estimate of drug-likeness (QED) is 0.849. The van der Waals surface area contributed by atoms with Crippen molar-refractivity contribution in [3.63, 3.8) is 0 Å². The Morgan fingerprint density at radius 2 is 2.07 bits per heavy atom. The van der Waals surface area contributed by atoms with Crippen molar-refractivity contribution in [3.8, 4) is 0 Å². The molecule has 0 unspecified atom stereocenters. The molecule has 0 bridgehead atoms. The second-order valence-corrected chi connectivity index (χ2v) is 4.07. The largest absolute Gasteiger partial charge is 0.270 e. The third kappa shape index (κ3) is 2.52. The Hall–Kier alpha value is -1.44. The molecule has 5 nitrogen and oxygen atoms in total. The fraction of sp³-hybridized carbons (Fsp3) is 0. The van der Waals surface area contributed by atoms with Crippen LogP contribution in [0.3, 0.4) is 0 Å². The Kier molecular flexibility index (Phi) is 2.95. The number of nitrogens with zero attached hydrogens (tertiary/aromatic N) is 3. The lowest BCUT2D eigenvalue weighted by molar-refractivity contribution is 0.101. The van der Waals surface area contributed by atoms with Crippen molar-refractivity contribution in [3.05, 3.63) is 46.1 Å². The smallest absolute Gasteiger partial charge is 0.267 e. The maximum atomic E-state index is 11.7. The lowest BCUT2D eigenvalue weighted by Gasteiger charge is -2.04. The highest BCUT2D eigenvalue weighted by Crippen LogP contribution is 2.07. The van der Waals surface area contributed by atoms with Crippen molar-refractivity contribution < 1.29 is 4.79 Å². The topological polar surface area (TPSA) is 59.8 Å². The predicted molar refractivity (Wildman–Crippen MR) is 62.9 cm³/mol. The van der Waals surface area contributed by atoms with E-state index in [0.717, 1.165) is 3.57 Å². The molecule has 2 rings (SSSR count). The summed E-state index contributed by atoms with van der Waals surface area (Å²) in [4.78, 5) is 11.7. The van der Waals surface area contributed by atoms with Gasteiger partial charge in [-0.3, -0.25) is 10.2 Å². The fourth-order valence-electron chi connectivity index (χ4n) is 1.07. The highest BCUT2D eigenvalue weighted by atomic mass is 127. The van der Waals surface area contributed by atoms with Crippen LogP contribution in [0, 0.1) is 3.57 Å². The van der Waals surface area contributed by atoms with Gasteiger partial charge in [0.25, 0.3) is 5.91 Å². The van der Waals surface area contributed by atoms with Gasteiger partial charge in [0.1, 0.15) is 12.7 Å². The number of nitrogens with one attached hydrogen (secondary N) is 1. The zero-order valence-corrected chi connectivity index (χ0v) is 9.75. The van der Waals surface area contributed by atoms with Gasteiger partial charge >= 0.3 is 0 Å². The third-order valence-corrected chi connectivity index (χ3v) is 2.41. The second-order valence-electron chi connectivity index (χ2n) is 2.82. The highest BCUT2D eigenvalue weighted by molar-refractivity contribution is 14.1. The number of aromatic nitrogens is 3. The number of carbonyl (C=O) groups is 1. The van der Waals surface area contributed by atoms with Crippen molar-refractivity contribution in [2.24, 2.45) is 0 Å². The van der Waals surface area contributed by atoms with Gasteiger partial charge in [-0.2, -0.15) is 0 Å². The summed E-state index contributed by atoms with van der Waals surface area (Å²) in [5.41, 5.74) is 3.22. The zero-order chi connectivity index (χ0) is 10.7. The van der Waals surface area contributed by atoms with Crippen LogP contribution in [0.1, 0.15) is 10.4 Å². The van der Waals surface area contributed by atoms with Crippen LogP contribution in [0.5, 0.6) is 0 Å². The molecule has 0 fully saturated rings. The molecule has 0 saturated heterocycles. The third-order valence-electron chi connectivity index (χ3n) is 1.74. The minimum Gasteiger partial charge on any atom is -0.267 e. The minimum atomic E-state index is -0.187. The molecule has 0 radical (unpaired) electrons. The van der Waals surface area contributed by atoms with Crippen LogP contribution >= 0.6 is 22.6 Å². The number of amides is 1. The molecule has 76 valence electrons. The van der Waals surface area contributed by atoms with Crippen molar-refractivity contribution in [2.75, 3.05) is 5.43 Å². The molecular weight excluding hydrogens is 307 g/mol. The average Bonchev–Trinajstić information content (AvgIpc) is 2.70. The van der Waals surface area contributed by atoms with Crippen LogP contribution in [0.25, 0.3) is 0 Å². The average molecular weight is 314 g/mol. The Balaban J connectivity index is 2.15. The van der Waals surface area contributed by atoms with E-state index in [2.05, 4.69) is 38.2 Å². The van der Waals surface area contributed by atoms with Crippen LogP contribution < -0.4 is 5.43 Å². The molecule has 15 heavy (non-hydrogen) atoms. The molecule has 1 heterocycles. The molecule has 0 saturated carbocycles. The van der Waals surface area contributed by atoms with Gasteiger partial charge in [-0.25, -0.2) is 4.68 Å². The summed E-state index contributed by atoms with van der Waals surface area (Å²) in [5, 5.41) is 7.17. The molecular formula is C9H7IN4O. The van der Waals surface area contributed by atoms with Gasteiger partial charge in [0, 0.05) is 9.13 Å². The van der Waals surface area contributed by atoms with Crippen molar-refractivity contribution >= 4 is 28.5 Å². The molecule has 0 aliphatic rings. The first kappa shape index (κ1) is 10.1. The lowest BCUT2D eigenvalue weighted by Crippen LogP contribution is -2.21. The van der Waals surface area contributed by atoms with Crippen LogP contribution in [-0.2, 0) is 0 Å². The summed E-state index contributed by atoms with van der Waals surface area (Å²) in [6, 6.07) is 7.32. The number of carbonyl (C=O) groups excluding carboxylic acids is 1. The van der Waals surface area contributed by atoms with Crippen molar-refractivity contribution in [2.45, 2.75) is 0 Å². The first-order valence-corrected chi connectivity index (χ1v) is 5.25. The van der Waals surface area contributed by atoms with Crippen LogP contribution in [0.4, 0.5) is 0 Å². The molecule has 0 aliphatic heterocycles. The Bertz CT molecular complexity index is 469. The van der Waals surface area contributed by atoms with Gasteiger partial charge in [-0.15, -0.1) is 10.2 Å². The Morgan fingerprint density at radius 3 is 2.73 bits per heavy atom. The standard InChI is InChI=1S/C9H7IN4O/c10-8-3-1-2-7(4-8)9(15)13-14-5-11-12-6-14/h1-6H,(H,13,15). The van der Waals surface area contributed by atoms with Crippen molar-refractivity contribution in [1.82, 2.24) is 14.9 Å². The van der Waals surface area contributed by atoms with E-state index in [9.17, 15) is 4.79 Å². The van der Waals surface area contributed by atoms with Crippen LogP contribution in [-0.4, -0.2) is 20.8 Å². The molecule has 1 amide bonds. The van der Waals surface area contributed by atoms with Crippen molar-refractivity contribution in [1.29, 1.82) is 0 Å². The molecule has 0 spiro atoms. The monoisotopic (exact) mass is 314 g/mol. The van der Waals surface area contributed by atoms with Gasteiger partial charge < -0.3 is 0 Å². The number of benzene rings is 1. The number of hydrogen-bond acceptors (Lipinski definition) is 3. The van der Waals surface area contributed by atoms with E-state index < -0.39 is 0 Å². The zero-order valence-electron chi connectivity index (χ0n) is 7.59. The first-order valence-electron chi connectivity index (χ1n) is 4.17. The van der Waals surface area contributed by atoms with Gasteiger partial charge in [-0.1, -0.05) is 6.07 Å². The molecule has 1 N–H and O–H groups in total. The van der Waals surface area contributed by atoms with E-state index in [1.54, 1.807) is 12.1 Å². The second kappa shape index (κ2) is 4.39. The van der Waals surface area contributed by atoms with Crippen LogP contribution in [0.2, 0.25) is 0 Å². The Morgan fingerprint density at radius 1 is 1.33 bits per heavy atom. The molecule has 1 aromatic heterocycles. The summed E-state index contributed by atoms with van der Waals surface area (Å²) in [6.45, 7) is 0. The molecule has 1 aromatic carbocycles. The number of halogens is 1. The molecule has 2 aromatic rings. The molecule has 0 atom stereocenters. The number of rotatable bonds is 2. The maximum Gasteiger partial charge on any atom is 0.270 e. The summed E-state index contributed by atoms with van der Waals surface area (Å²) in [6.07, 6.45) is 2.84.